The van der Waals surface area contributed by atoms with Gasteiger partial charge >= 0.3 is 0 Å². The van der Waals surface area contributed by atoms with Crippen LogP contribution in [0.3, 0.4) is 0 Å². The molecule has 0 aliphatic rings. The summed E-state index contributed by atoms with van der Waals surface area (Å²) in [6.07, 6.45) is 0.304. The first-order chi connectivity index (χ1) is 14.6. The molecule has 4 aromatic rings. The van der Waals surface area contributed by atoms with Crippen LogP contribution in [0, 0.1) is 0 Å². The number of aryl methyl sites for hydroxylation is 1. The molecule has 1 heterocycles. The van der Waals surface area contributed by atoms with Crippen molar-refractivity contribution >= 4 is 33.4 Å². The SMILES string of the molecule is COc1cc(/C(C)=N\NC(=O)CCn2c3ccccc3c3ccccc32)ccc1O. The number of fused-ring (bicyclic) bond motifs is 3. The molecule has 3 aromatic carbocycles. The molecule has 2 N–H and O–H groups in total. The molecule has 0 atom stereocenters. The average molecular weight is 401 g/mol. The summed E-state index contributed by atoms with van der Waals surface area (Å²) in [5.41, 5.74) is 6.23. The quantitative estimate of drug-likeness (QED) is 0.370. The maximum Gasteiger partial charge on any atom is 0.241 e. The average Bonchev–Trinajstić information content (AvgIpc) is 3.10. The molecule has 1 amide bonds. The van der Waals surface area contributed by atoms with Gasteiger partial charge in [0.25, 0.3) is 0 Å². The van der Waals surface area contributed by atoms with Crippen molar-refractivity contribution in [3.05, 3.63) is 72.3 Å². The molecular formula is C24H23N3O3. The van der Waals surface area contributed by atoms with Crippen LogP contribution in [0.4, 0.5) is 0 Å². The highest BCUT2D eigenvalue weighted by atomic mass is 16.5. The Hall–Kier alpha value is -3.80. The number of aromatic hydroxyl groups is 1. The lowest BCUT2D eigenvalue weighted by Crippen LogP contribution is -2.20. The number of hydrogen-bond acceptors (Lipinski definition) is 4. The van der Waals surface area contributed by atoms with Crippen LogP contribution in [0.5, 0.6) is 11.5 Å². The summed E-state index contributed by atoms with van der Waals surface area (Å²) in [6.45, 7) is 2.35. The first-order valence-corrected chi connectivity index (χ1v) is 9.75. The van der Waals surface area contributed by atoms with Crippen molar-refractivity contribution < 1.29 is 14.6 Å². The summed E-state index contributed by atoms with van der Waals surface area (Å²) < 4.78 is 7.29. The van der Waals surface area contributed by atoms with Crippen LogP contribution >= 0.6 is 0 Å². The summed E-state index contributed by atoms with van der Waals surface area (Å²) in [4.78, 5) is 12.4. The van der Waals surface area contributed by atoms with E-state index < -0.39 is 0 Å². The molecule has 6 heteroatoms. The molecule has 152 valence electrons. The summed E-state index contributed by atoms with van der Waals surface area (Å²) in [7, 11) is 1.49. The van der Waals surface area contributed by atoms with E-state index in [9.17, 15) is 9.90 Å². The third-order valence-corrected chi connectivity index (χ3v) is 5.19. The Kier molecular flexibility index (Phi) is 5.39. The number of hydrogen-bond donors (Lipinski definition) is 2. The number of aromatic nitrogens is 1. The van der Waals surface area contributed by atoms with Gasteiger partial charge in [0.1, 0.15) is 0 Å². The Morgan fingerprint density at radius 2 is 1.67 bits per heavy atom. The first kappa shape index (κ1) is 19.5. The van der Waals surface area contributed by atoms with Crippen molar-refractivity contribution in [2.24, 2.45) is 5.10 Å². The highest BCUT2D eigenvalue weighted by molar-refractivity contribution is 6.08. The van der Waals surface area contributed by atoms with Gasteiger partial charge in [0, 0.05) is 40.3 Å². The molecule has 0 fully saturated rings. The summed E-state index contributed by atoms with van der Waals surface area (Å²) in [5.74, 6) is 0.256. The number of para-hydroxylation sites is 2. The van der Waals surface area contributed by atoms with Crippen molar-refractivity contribution in [2.75, 3.05) is 7.11 Å². The van der Waals surface area contributed by atoms with Gasteiger partial charge in [-0.15, -0.1) is 0 Å². The molecule has 4 rings (SSSR count). The van der Waals surface area contributed by atoms with Gasteiger partial charge in [-0.05, 0) is 37.3 Å². The van der Waals surface area contributed by atoms with Gasteiger partial charge in [-0.3, -0.25) is 4.79 Å². The highest BCUT2D eigenvalue weighted by Crippen LogP contribution is 2.29. The molecule has 6 nitrogen and oxygen atoms in total. The van der Waals surface area contributed by atoms with E-state index in [2.05, 4.69) is 39.4 Å². The number of phenolic OH excluding ortho intramolecular Hbond substituents is 1. The number of hydrazone groups is 1. The molecule has 0 saturated heterocycles. The second-order valence-electron chi connectivity index (χ2n) is 7.05. The minimum Gasteiger partial charge on any atom is -0.504 e. The number of benzene rings is 3. The van der Waals surface area contributed by atoms with Crippen LogP contribution < -0.4 is 10.2 Å². The number of ether oxygens (including phenoxy) is 1. The minimum absolute atomic E-state index is 0.0595. The number of nitrogens with one attached hydrogen (secondary N) is 1. The molecule has 0 saturated carbocycles. The molecule has 0 spiro atoms. The predicted molar refractivity (Wildman–Crippen MR) is 119 cm³/mol. The van der Waals surface area contributed by atoms with Crippen LogP contribution in [0.15, 0.2) is 71.8 Å². The zero-order chi connectivity index (χ0) is 21.1. The number of amides is 1. The largest absolute Gasteiger partial charge is 0.504 e. The van der Waals surface area contributed by atoms with Gasteiger partial charge in [0.2, 0.25) is 5.91 Å². The Labute approximate surface area is 174 Å². The number of methoxy groups -OCH3 is 1. The van der Waals surface area contributed by atoms with Crippen LogP contribution in [0.2, 0.25) is 0 Å². The fourth-order valence-electron chi connectivity index (χ4n) is 3.63. The summed E-state index contributed by atoms with van der Waals surface area (Å²) >= 11 is 0. The molecule has 0 bridgehead atoms. The first-order valence-electron chi connectivity index (χ1n) is 9.75. The lowest BCUT2D eigenvalue weighted by atomic mass is 10.1. The number of carbonyl (C=O) groups is 1. The second-order valence-corrected chi connectivity index (χ2v) is 7.05. The van der Waals surface area contributed by atoms with Crippen molar-refractivity contribution in [1.82, 2.24) is 9.99 Å². The molecule has 0 aliphatic carbocycles. The van der Waals surface area contributed by atoms with E-state index in [1.165, 1.54) is 23.9 Å². The van der Waals surface area contributed by atoms with Gasteiger partial charge < -0.3 is 14.4 Å². The fraction of sp³-hybridized carbons (Fsp3) is 0.167. The van der Waals surface area contributed by atoms with E-state index >= 15 is 0 Å². The van der Waals surface area contributed by atoms with Crippen molar-refractivity contribution in [3.8, 4) is 11.5 Å². The van der Waals surface area contributed by atoms with Crippen LogP contribution in [0.25, 0.3) is 21.8 Å². The van der Waals surface area contributed by atoms with E-state index in [1.54, 1.807) is 19.1 Å². The van der Waals surface area contributed by atoms with Gasteiger partial charge in [0.05, 0.1) is 12.8 Å². The van der Waals surface area contributed by atoms with E-state index in [-0.39, 0.29) is 11.7 Å². The molecule has 30 heavy (non-hydrogen) atoms. The molecule has 0 unspecified atom stereocenters. The van der Waals surface area contributed by atoms with Gasteiger partial charge in [0.15, 0.2) is 11.5 Å². The molecular weight excluding hydrogens is 378 g/mol. The molecule has 0 aliphatic heterocycles. The predicted octanol–water partition coefficient (Wildman–Crippen LogP) is 4.44. The topological polar surface area (TPSA) is 75.8 Å². The minimum atomic E-state index is -0.165. The Bertz CT molecular complexity index is 1200. The monoisotopic (exact) mass is 401 g/mol. The maximum absolute atomic E-state index is 12.4. The van der Waals surface area contributed by atoms with Crippen molar-refractivity contribution in [3.63, 3.8) is 0 Å². The lowest BCUT2D eigenvalue weighted by molar-refractivity contribution is -0.121. The number of rotatable bonds is 6. The Morgan fingerprint density at radius 1 is 1.03 bits per heavy atom. The highest BCUT2D eigenvalue weighted by Gasteiger charge is 2.11. The lowest BCUT2D eigenvalue weighted by Gasteiger charge is -2.08. The molecule has 1 aromatic heterocycles. The van der Waals surface area contributed by atoms with E-state index in [0.717, 1.165) is 16.6 Å². The van der Waals surface area contributed by atoms with Gasteiger partial charge in [-0.2, -0.15) is 5.10 Å². The zero-order valence-electron chi connectivity index (χ0n) is 16.9. The van der Waals surface area contributed by atoms with E-state index in [1.807, 2.05) is 24.3 Å². The molecule has 0 radical (unpaired) electrons. The van der Waals surface area contributed by atoms with Crippen LogP contribution in [-0.4, -0.2) is 28.4 Å². The fourth-order valence-corrected chi connectivity index (χ4v) is 3.63. The standard InChI is InChI=1S/C24H23N3O3/c1-16(17-11-12-22(28)23(15-17)30-2)25-26-24(29)13-14-27-20-9-5-3-7-18(20)19-8-4-6-10-21(19)27/h3-12,15,28H,13-14H2,1-2H3,(H,26,29)/b25-16-. The third kappa shape index (κ3) is 3.72. The summed E-state index contributed by atoms with van der Waals surface area (Å²) in [6, 6.07) is 21.4. The number of nitrogens with zero attached hydrogens (tertiary/aromatic N) is 2. The van der Waals surface area contributed by atoms with Gasteiger partial charge in [-0.1, -0.05) is 36.4 Å². The summed E-state index contributed by atoms with van der Waals surface area (Å²) in [5, 5.41) is 16.3. The van der Waals surface area contributed by atoms with Gasteiger partial charge in [-0.25, -0.2) is 5.43 Å². The third-order valence-electron chi connectivity index (χ3n) is 5.19. The maximum atomic E-state index is 12.4. The van der Waals surface area contributed by atoms with E-state index in [4.69, 9.17) is 4.74 Å². The zero-order valence-corrected chi connectivity index (χ0v) is 16.9. The Balaban J connectivity index is 1.48. The normalized spacial score (nSPS) is 11.7. The van der Waals surface area contributed by atoms with Crippen LogP contribution in [0.1, 0.15) is 18.9 Å². The number of phenols is 1. The second kappa shape index (κ2) is 8.29. The smallest absolute Gasteiger partial charge is 0.241 e. The Morgan fingerprint density at radius 3 is 2.30 bits per heavy atom. The van der Waals surface area contributed by atoms with Crippen molar-refractivity contribution in [2.45, 2.75) is 19.9 Å². The number of carbonyl (C=O) groups excluding carboxylic acids is 1. The van der Waals surface area contributed by atoms with E-state index in [0.29, 0.717) is 24.4 Å². The van der Waals surface area contributed by atoms with Crippen molar-refractivity contribution in [1.29, 1.82) is 0 Å². The van der Waals surface area contributed by atoms with Crippen LogP contribution in [-0.2, 0) is 11.3 Å².